The topological polar surface area (TPSA) is 32.3 Å². The molecule has 3 nitrogen and oxygen atoms in total. The molecule has 12 heavy (non-hydrogen) atoms. The minimum Gasteiger partial charge on any atom is -0.296 e. The normalized spacial score (nSPS) is 22.4. The Morgan fingerprint density at radius 3 is 3.25 bits per heavy atom. The van der Waals surface area contributed by atoms with Gasteiger partial charge in [0.2, 0.25) is 0 Å². The van der Waals surface area contributed by atoms with Gasteiger partial charge in [-0.1, -0.05) is 6.08 Å². The molecule has 2 rings (SSSR count). The van der Waals surface area contributed by atoms with Crippen LogP contribution < -0.4 is 5.43 Å². The van der Waals surface area contributed by atoms with Crippen LogP contribution in [0, 0.1) is 0 Å². The number of hydrazine groups is 1. The summed E-state index contributed by atoms with van der Waals surface area (Å²) in [7, 11) is 1.74. The highest BCUT2D eigenvalue weighted by molar-refractivity contribution is 5.90. The minimum atomic E-state index is 0.0454. The number of likely N-dealkylation sites (N-methyl/N-ethyl adjacent to an activating group) is 1. The van der Waals surface area contributed by atoms with Crippen LogP contribution in [0.1, 0.15) is 19.3 Å². The number of fused-ring (bicyclic) bond motifs is 1. The highest BCUT2D eigenvalue weighted by Crippen LogP contribution is 2.24. The van der Waals surface area contributed by atoms with Crippen LogP contribution in [0.5, 0.6) is 0 Å². The number of hydrogen-bond donors (Lipinski definition) is 1. The zero-order valence-electron chi connectivity index (χ0n) is 7.13. The molecule has 1 aliphatic heterocycles. The van der Waals surface area contributed by atoms with Crippen molar-refractivity contribution in [2.45, 2.75) is 19.3 Å². The molecule has 2 aliphatic rings. The van der Waals surface area contributed by atoms with Gasteiger partial charge in [0.25, 0.3) is 5.91 Å². The Labute approximate surface area is 71.7 Å². The van der Waals surface area contributed by atoms with Gasteiger partial charge in [-0.25, -0.2) is 0 Å². The van der Waals surface area contributed by atoms with E-state index in [2.05, 4.69) is 11.5 Å². The van der Waals surface area contributed by atoms with E-state index < -0.39 is 0 Å². The summed E-state index contributed by atoms with van der Waals surface area (Å²) in [6, 6.07) is 0. The van der Waals surface area contributed by atoms with E-state index in [9.17, 15) is 4.79 Å². The molecular formula is C9H12N2O. The molecule has 0 saturated carbocycles. The average molecular weight is 164 g/mol. The molecule has 0 saturated heterocycles. The van der Waals surface area contributed by atoms with Gasteiger partial charge in [0, 0.05) is 13.1 Å². The van der Waals surface area contributed by atoms with E-state index in [4.69, 9.17) is 0 Å². The first-order chi connectivity index (χ1) is 5.77. The van der Waals surface area contributed by atoms with Crippen molar-refractivity contribution in [3.05, 3.63) is 23.4 Å². The third-order valence-corrected chi connectivity index (χ3v) is 2.26. The molecule has 1 amide bonds. The van der Waals surface area contributed by atoms with Crippen molar-refractivity contribution in [2.75, 3.05) is 7.05 Å². The van der Waals surface area contributed by atoms with Crippen LogP contribution in [0.3, 0.4) is 0 Å². The van der Waals surface area contributed by atoms with E-state index in [1.54, 1.807) is 13.1 Å². The van der Waals surface area contributed by atoms with Crippen molar-refractivity contribution >= 4 is 5.91 Å². The lowest BCUT2D eigenvalue weighted by Gasteiger charge is -2.29. The lowest BCUT2D eigenvalue weighted by Crippen LogP contribution is -2.42. The second-order valence-corrected chi connectivity index (χ2v) is 3.19. The smallest absolute Gasteiger partial charge is 0.264 e. The fourth-order valence-corrected chi connectivity index (χ4v) is 1.55. The maximum Gasteiger partial charge on any atom is 0.264 e. The summed E-state index contributed by atoms with van der Waals surface area (Å²) in [5, 5.41) is 1.51. The van der Waals surface area contributed by atoms with Crippen LogP contribution in [-0.4, -0.2) is 18.0 Å². The molecule has 1 N–H and O–H groups in total. The Morgan fingerprint density at radius 2 is 2.42 bits per heavy atom. The molecule has 0 spiro atoms. The number of hydrogen-bond acceptors (Lipinski definition) is 2. The second kappa shape index (κ2) is 2.66. The van der Waals surface area contributed by atoms with Gasteiger partial charge in [-0.05, 0) is 24.8 Å². The molecule has 0 aromatic heterocycles. The first-order valence-electron chi connectivity index (χ1n) is 4.23. The van der Waals surface area contributed by atoms with E-state index in [0.29, 0.717) is 0 Å². The number of rotatable bonds is 0. The monoisotopic (exact) mass is 164 g/mol. The Balaban J connectivity index is 2.33. The highest BCUT2D eigenvalue weighted by atomic mass is 16.2. The largest absolute Gasteiger partial charge is 0.296 e. The molecule has 1 heterocycles. The van der Waals surface area contributed by atoms with Gasteiger partial charge < -0.3 is 0 Å². The number of carbonyl (C=O) groups is 1. The molecule has 0 fully saturated rings. The molecule has 64 valence electrons. The number of amides is 1. The zero-order chi connectivity index (χ0) is 8.55. The Bertz CT molecular complexity index is 278. The summed E-state index contributed by atoms with van der Waals surface area (Å²) in [6.45, 7) is 0. The Morgan fingerprint density at radius 1 is 1.58 bits per heavy atom. The van der Waals surface area contributed by atoms with Gasteiger partial charge in [0.1, 0.15) is 0 Å². The van der Waals surface area contributed by atoms with Crippen molar-refractivity contribution in [2.24, 2.45) is 0 Å². The molecular weight excluding hydrogens is 152 g/mol. The van der Waals surface area contributed by atoms with Gasteiger partial charge in [-0.3, -0.25) is 15.2 Å². The SMILES string of the molecule is CN1NC2=CCCCC2=CC1=O. The number of carbonyl (C=O) groups excluding carboxylic acids is 1. The summed E-state index contributed by atoms with van der Waals surface area (Å²) in [5.74, 6) is 0.0454. The summed E-state index contributed by atoms with van der Waals surface area (Å²) < 4.78 is 0. The third kappa shape index (κ3) is 1.11. The highest BCUT2D eigenvalue weighted by Gasteiger charge is 2.19. The lowest BCUT2D eigenvalue weighted by atomic mass is 9.97. The van der Waals surface area contributed by atoms with Crippen molar-refractivity contribution < 1.29 is 4.79 Å². The lowest BCUT2D eigenvalue weighted by molar-refractivity contribution is -0.127. The third-order valence-electron chi connectivity index (χ3n) is 2.26. The van der Waals surface area contributed by atoms with Crippen LogP contribution >= 0.6 is 0 Å². The molecule has 0 unspecified atom stereocenters. The van der Waals surface area contributed by atoms with Crippen molar-refractivity contribution in [3.8, 4) is 0 Å². The molecule has 0 atom stereocenters. The standard InChI is InChI=1S/C9H12N2O/c1-11-9(12)6-7-4-2-3-5-8(7)10-11/h5-6,10H,2-4H2,1H3. The Hall–Kier alpha value is -1.25. The van der Waals surface area contributed by atoms with Crippen molar-refractivity contribution in [1.82, 2.24) is 10.4 Å². The first kappa shape index (κ1) is 7.40. The molecule has 0 radical (unpaired) electrons. The molecule has 1 aliphatic carbocycles. The molecule has 0 bridgehead atoms. The zero-order valence-corrected chi connectivity index (χ0v) is 7.13. The van der Waals surface area contributed by atoms with Crippen LogP contribution in [-0.2, 0) is 4.79 Å². The van der Waals surface area contributed by atoms with Gasteiger partial charge in [-0.15, -0.1) is 0 Å². The quantitative estimate of drug-likeness (QED) is 0.578. The second-order valence-electron chi connectivity index (χ2n) is 3.19. The van der Waals surface area contributed by atoms with E-state index in [1.807, 2.05) is 0 Å². The molecule has 0 aromatic rings. The first-order valence-corrected chi connectivity index (χ1v) is 4.23. The van der Waals surface area contributed by atoms with Gasteiger partial charge in [-0.2, -0.15) is 0 Å². The van der Waals surface area contributed by atoms with E-state index >= 15 is 0 Å². The van der Waals surface area contributed by atoms with Crippen molar-refractivity contribution in [1.29, 1.82) is 0 Å². The molecule has 0 aromatic carbocycles. The minimum absolute atomic E-state index is 0.0454. The fourth-order valence-electron chi connectivity index (χ4n) is 1.55. The van der Waals surface area contributed by atoms with E-state index in [1.165, 1.54) is 5.01 Å². The maximum absolute atomic E-state index is 11.2. The van der Waals surface area contributed by atoms with Crippen LogP contribution in [0.15, 0.2) is 23.4 Å². The molecule has 3 heteroatoms. The summed E-state index contributed by atoms with van der Waals surface area (Å²) >= 11 is 0. The predicted molar refractivity (Wildman–Crippen MR) is 45.9 cm³/mol. The van der Waals surface area contributed by atoms with Crippen LogP contribution in [0.25, 0.3) is 0 Å². The average Bonchev–Trinajstić information content (AvgIpc) is 2.07. The van der Waals surface area contributed by atoms with Crippen LogP contribution in [0.2, 0.25) is 0 Å². The number of nitrogens with one attached hydrogen (secondary N) is 1. The van der Waals surface area contributed by atoms with E-state index in [-0.39, 0.29) is 5.91 Å². The van der Waals surface area contributed by atoms with Gasteiger partial charge in [0.05, 0.1) is 5.70 Å². The maximum atomic E-state index is 11.2. The summed E-state index contributed by atoms with van der Waals surface area (Å²) in [4.78, 5) is 11.2. The van der Waals surface area contributed by atoms with Crippen LogP contribution in [0.4, 0.5) is 0 Å². The van der Waals surface area contributed by atoms with Gasteiger partial charge >= 0.3 is 0 Å². The number of allylic oxidation sites excluding steroid dienone is 2. The van der Waals surface area contributed by atoms with Crippen molar-refractivity contribution in [3.63, 3.8) is 0 Å². The fraction of sp³-hybridized carbons (Fsp3) is 0.444. The number of nitrogens with zero attached hydrogens (tertiary/aromatic N) is 1. The predicted octanol–water partition coefficient (Wildman–Crippen LogP) is 0.957. The van der Waals surface area contributed by atoms with Gasteiger partial charge in [0.15, 0.2) is 0 Å². The summed E-state index contributed by atoms with van der Waals surface area (Å²) in [5.41, 5.74) is 5.32. The Kier molecular flexibility index (Phi) is 1.64. The van der Waals surface area contributed by atoms with E-state index in [0.717, 1.165) is 30.5 Å². The summed E-state index contributed by atoms with van der Waals surface area (Å²) in [6.07, 6.45) is 7.17.